The molecule has 1 N–H and O–H groups in total. The molecule has 0 spiro atoms. The third-order valence-electron chi connectivity index (χ3n) is 3.14. The van der Waals surface area contributed by atoms with Crippen LogP contribution in [-0.4, -0.2) is 13.2 Å². The number of nitrogens with one attached hydrogen (secondary N) is 1. The van der Waals surface area contributed by atoms with E-state index < -0.39 is 0 Å². The molecule has 0 heterocycles. The summed E-state index contributed by atoms with van der Waals surface area (Å²) < 4.78 is 5.77. The Morgan fingerprint density at radius 3 is 2.50 bits per heavy atom. The molecule has 0 bridgehead atoms. The molecule has 0 aliphatic heterocycles. The number of rotatable bonds is 8. The van der Waals surface area contributed by atoms with Gasteiger partial charge in [-0.15, -0.1) is 0 Å². The summed E-state index contributed by atoms with van der Waals surface area (Å²) in [6.07, 6.45) is 1.10. The topological polar surface area (TPSA) is 21.3 Å². The molecule has 2 nitrogen and oxygen atoms in total. The van der Waals surface area contributed by atoms with Gasteiger partial charge in [0.1, 0.15) is 0 Å². The highest BCUT2D eigenvalue weighted by atomic mass is 16.5. The first-order valence-corrected chi connectivity index (χ1v) is 7.73. The minimum atomic E-state index is 0.350. The van der Waals surface area contributed by atoms with E-state index in [9.17, 15) is 0 Å². The van der Waals surface area contributed by atoms with Crippen molar-refractivity contribution < 1.29 is 4.74 Å². The van der Waals surface area contributed by atoms with Gasteiger partial charge in [-0.25, -0.2) is 0 Å². The van der Waals surface area contributed by atoms with Crippen molar-refractivity contribution in [2.75, 3.05) is 13.2 Å². The number of benzene rings is 1. The van der Waals surface area contributed by atoms with Crippen molar-refractivity contribution in [3.8, 4) is 0 Å². The Morgan fingerprint density at radius 1 is 1.15 bits per heavy atom. The normalized spacial score (nSPS) is 12.1. The van der Waals surface area contributed by atoms with Crippen LogP contribution >= 0.6 is 0 Å². The van der Waals surface area contributed by atoms with Crippen LogP contribution < -0.4 is 5.32 Å². The van der Waals surface area contributed by atoms with Gasteiger partial charge >= 0.3 is 0 Å². The molecule has 0 atom stereocenters. The Labute approximate surface area is 124 Å². The molecule has 0 amide bonds. The van der Waals surface area contributed by atoms with Crippen molar-refractivity contribution in [2.24, 2.45) is 11.3 Å². The van der Waals surface area contributed by atoms with Gasteiger partial charge in [0.15, 0.2) is 0 Å². The van der Waals surface area contributed by atoms with Crippen LogP contribution in [-0.2, 0) is 17.9 Å². The van der Waals surface area contributed by atoms with E-state index in [4.69, 9.17) is 4.74 Å². The van der Waals surface area contributed by atoms with E-state index in [1.54, 1.807) is 0 Å². The molecule has 0 saturated carbocycles. The van der Waals surface area contributed by atoms with Gasteiger partial charge in [-0.05, 0) is 35.4 Å². The van der Waals surface area contributed by atoms with Gasteiger partial charge in [0.25, 0.3) is 0 Å². The predicted molar refractivity (Wildman–Crippen MR) is 86.7 cm³/mol. The summed E-state index contributed by atoms with van der Waals surface area (Å²) in [6.45, 7) is 14.7. The Hall–Kier alpha value is -0.860. The van der Waals surface area contributed by atoms with Crippen LogP contribution in [0.3, 0.4) is 0 Å². The third kappa shape index (κ3) is 8.34. The lowest BCUT2D eigenvalue weighted by atomic mass is 9.93. The predicted octanol–water partition coefficient (Wildman–Crippen LogP) is 4.39. The van der Waals surface area contributed by atoms with Gasteiger partial charge in [-0.3, -0.25) is 0 Å². The average Bonchev–Trinajstić information content (AvgIpc) is 2.34. The van der Waals surface area contributed by atoms with Crippen LogP contribution in [0.15, 0.2) is 24.3 Å². The molecule has 114 valence electrons. The third-order valence-corrected chi connectivity index (χ3v) is 3.14. The molecule has 0 aromatic heterocycles. The number of hydrogen-bond donors (Lipinski definition) is 1. The van der Waals surface area contributed by atoms with Gasteiger partial charge in [-0.1, -0.05) is 58.9 Å². The monoisotopic (exact) mass is 277 g/mol. The van der Waals surface area contributed by atoms with E-state index in [0.717, 1.165) is 26.1 Å². The lowest BCUT2D eigenvalue weighted by molar-refractivity contribution is 0.0962. The maximum absolute atomic E-state index is 5.77. The Kier molecular flexibility index (Phi) is 7.25. The summed E-state index contributed by atoms with van der Waals surface area (Å²) in [5.41, 5.74) is 2.95. The van der Waals surface area contributed by atoms with Gasteiger partial charge < -0.3 is 10.1 Å². The van der Waals surface area contributed by atoms with Crippen LogP contribution in [0.1, 0.15) is 52.2 Å². The van der Waals surface area contributed by atoms with Crippen LogP contribution in [0.2, 0.25) is 0 Å². The zero-order valence-electron chi connectivity index (χ0n) is 13.8. The Balaban J connectivity index is 2.32. The standard InChI is InChI=1S/C18H31NO/c1-15(2)12-19-13-16-7-6-8-17(11-16)14-20-10-9-18(3,4)5/h6-8,11,15,19H,9-10,12-14H2,1-5H3. The van der Waals surface area contributed by atoms with Crippen LogP contribution in [0, 0.1) is 11.3 Å². The molecule has 0 saturated heterocycles. The molecule has 1 rings (SSSR count). The molecule has 20 heavy (non-hydrogen) atoms. The average molecular weight is 277 g/mol. The quantitative estimate of drug-likeness (QED) is 0.712. The Bertz CT molecular complexity index is 379. The van der Waals surface area contributed by atoms with Crippen molar-refractivity contribution in [1.82, 2.24) is 5.32 Å². The fraction of sp³-hybridized carbons (Fsp3) is 0.667. The summed E-state index contributed by atoms with van der Waals surface area (Å²) in [5, 5.41) is 3.47. The summed E-state index contributed by atoms with van der Waals surface area (Å²) >= 11 is 0. The van der Waals surface area contributed by atoms with Crippen molar-refractivity contribution in [1.29, 1.82) is 0 Å². The SMILES string of the molecule is CC(C)CNCc1cccc(COCCC(C)(C)C)c1. The zero-order chi connectivity index (χ0) is 15.0. The minimum absolute atomic E-state index is 0.350. The van der Waals surface area contributed by atoms with Crippen LogP contribution in [0.4, 0.5) is 0 Å². The van der Waals surface area contributed by atoms with Gasteiger partial charge in [0.05, 0.1) is 6.61 Å². The molecule has 1 aromatic carbocycles. The maximum atomic E-state index is 5.77. The van der Waals surface area contributed by atoms with Crippen molar-refractivity contribution in [3.05, 3.63) is 35.4 Å². The largest absolute Gasteiger partial charge is 0.377 e. The molecule has 0 fully saturated rings. The molecular weight excluding hydrogens is 246 g/mol. The fourth-order valence-corrected chi connectivity index (χ4v) is 1.90. The maximum Gasteiger partial charge on any atom is 0.0716 e. The van der Waals surface area contributed by atoms with E-state index >= 15 is 0 Å². The smallest absolute Gasteiger partial charge is 0.0716 e. The number of hydrogen-bond acceptors (Lipinski definition) is 2. The first kappa shape index (κ1) is 17.2. The summed E-state index contributed by atoms with van der Waals surface area (Å²) in [6, 6.07) is 8.67. The van der Waals surface area contributed by atoms with Gasteiger partial charge in [-0.2, -0.15) is 0 Å². The van der Waals surface area contributed by atoms with Gasteiger partial charge in [0, 0.05) is 13.2 Å². The molecule has 0 aliphatic carbocycles. The molecule has 0 unspecified atom stereocenters. The first-order valence-electron chi connectivity index (χ1n) is 7.73. The molecular formula is C18H31NO. The van der Waals surface area contributed by atoms with E-state index in [1.165, 1.54) is 11.1 Å². The van der Waals surface area contributed by atoms with E-state index in [1.807, 2.05) is 0 Å². The van der Waals surface area contributed by atoms with Crippen molar-refractivity contribution in [3.63, 3.8) is 0 Å². The first-order chi connectivity index (χ1) is 9.37. The molecule has 0 aliphatic rings. The summed E-state index contributed by atoms with van der Waals surface area (Å²) in [5.74, 6) is 0.693. The summed E-state index contributed by atoms with van der Waals surface area (Å²) in [7, 11) is 0. The summed E-state index contributed by atoms with van der Waals surface area (Å²) in [4.78, 5) is 0. The van der Waals surface area contributed by atoms with E-state index in [-0.39, 0.29) is 0 Å². The van der Waals surface area contributed by atoms with Crippen molar-refractivity contribution in [2.45, 2.75) is 54.2 Å². The highest BCUT2D eigenvalue weighted by Gasteiger charge is 2.09. The Morgan fingerprint density at radius 2 is 1.85 bits per heavy atom. The van der Waals surface area contributed by atoms with Crippen LogP contribution in [0.5, 0.6) is 0 Å². The molecule has 0 radical (unpaired) electrons. The lowest BCUT2D eigenvalue weighted by Crippen LogP contribution is -2.19. The lowest BCUT2D eigenvalue weighted by Gasteiger charge is -2.17. The van der Waals surface area contributed by atoms with Crippen molar-refractivity contribution >= 4 is 0 Å². The van der Waals surface area contributed by atoms with E-state index in [0.29, 0.717) is 17.9 Å². The second kappa shape index (κ2) is 8.43. The fourth-order valence-electron chi connectivity index (χ4n) is 1.90. The second-order valence-electron chi connectivity index (χ2n) is 7.21. The molecule has 1 aromatic rings. The zero-order valence-corrected chi connectivity index (χ0v) is 13.8. The highest BCUT2D eigenvalue weighted by Crippen LogP contribution is 2.18. The molecule has 2 heteroatoms. The highest BCUT2D eigenvalue weighted by molar-refractivity contribution is 5.22. The van der Waals surface area contributed by atoms with E-state index in [2.05, 4.69) is 64.2 Å². The number of ether oxygens (including phenoxy) is 1. The second-order valence-corrected chi connectivity index (χ2v) is 7.21. The van der Waals surface area contributed by atoms with Gasteiger partial charge in [0.2, 0.25) is 0 Å². The van der Waals surface area contributed by atoms with Crippen LogP contribution in [0.25, 0.3) is 0 Å². The minimum Gasteiger partial charge on any atom is -0.377 e.